The summed E-state index contributed by atoms with van der Waals surface area (Å²) in [7, 11) is 2.58. The van der Waals surface area contributed by atoms with Crippen molar-refractivity contribution in [1.29, 1.82) is 0 Å². The Kier molecular flexibility index (Phi) is 11.8. The van der Waals surface area contributed by atoms with Gasteiger partial charge in [0.05, 0.1) is 55.3 Å². The van der Waals surface area contributed by atoms with Crippen LogP contribution in [0.3, 0.4) is 0 Å². The molecule has 4 aliphatic rings. The molecule has 0 aliphatic carbocycles. The third-order valence-corrected chi connectivity index (χ3v) is 13.7. The smallest absolute Gasteiger partial charge is 0.407 e. The topological polar surface area (TPSA) is 193 Å². The summed E-state index contributed by atoms with van der Waals surface area (Å²) in [5.74, 6) is 1.74. The maximum atomic E-state index is 14.4. The largest absolute Gasteiger partial charge is 0.488 e. The monoisotopic (exact) mass is 872 g/mol. The summed E-state index contributed by atoms with van der Waals surface area (Å²) in [6.07, 6.45) is 5.59. The van der Waals surface area contributed by atoms with E-state index in [0.717, 1.165) is 86.8 Å². The van der Waals surface area contributed by atoms with Crippen LogP contribution in [-0.4, -0.2) is 105 Å². The lowest BCUT2D eigenvalue weighted by Gasteiger charge is -2.36. The van der Waals surface area contributed by atoms with Crippen LogP contribution in [-0.2, 0) is 30.4 Å². The van der Waals surface area contributed by atoms with E-state index in [0.29, 0.717) is 50.7 Å². The number of ether oxygens (including phenoxy) is 4. The van der Waals surface area contributed by atoms with Crippen molar-refractivity contribution in [3.05, 3.63) is 78.0 Å². The lowest BCUT2D eigenvalue weighted by molar-refractivity contribution is -0.138. The summed E-state index contributed by atoms with van der Waals surface area (Å²) in [6, 6.07) is 12.3. The van der Waals surface area contributed by atoms with Gasteiger partial charge in [-0.2, -0.15) is 0 Å². The molecule has 9 rings (SSSR count). The van der Waals surface area contributed by atoms with Gasteiger partial charge in [0, 0.05) is 30.2 Å². The van der Waals surface area contributed by atoms with Gasteiger partial charge in [0.15, 0.2) is 0 Å². The predicted octanol–water partition coefficient (Wildman–Crippen LogP) is 7.61. The number of rotatable bonds is 10. The molecule has 3 aromatic carbocycles. The highest BCUT2D eigenvalue weighted by Crippen LogP contribution is 2.44. The van der Waals surface area contributed by atoms with Crippen LogP contribution in [0.4, 0.5) is 9.59 Å². The second-order valence-corrected chi connectivity index (χ2v) is 17.5. The zero-order chi connectivity index (χ0) is 44.8. The summed E-state index contributed by atoms with van der Waals surface area (Å²) >= 11 is 0. The summed E-state index contributed by atoms with van der Waals surface area (Å²) in [5, 5.41) is 7.42. The molecule has 6 atom stereocenters. The van der Waals surface area contributed by atoms with E-state index in [2.05, 4.69) is 70.5 Å². The zero-order valence-corrected chi connectivity index (χ0v) is 37.0. The minimum atomic E-state index is -0.790. The van der Waals surface area contributed by atoms with Gasteiger partial charge in [0.25, 0.3) is 0 Å². The molecule has 16 heteroatoms. The minimum Gasteiger partial charge on any atom is -0.488 e. The Morgan fingerprint density at radius 3 is 2.39 bits per heavy atom. The quantitative estimate of drug-likeness (QED) is 0.102. The molecule has 5 aromatic rings. The van der Waals surface area contributed by atoms with Crippen molar-refractivity contribution in [3.63, 3.8) is 0 Å². The number of hydrogen-bond acceptors (Lipinski definition) is 10. The van der Waals surface area contributed by atoms with Gasteiger partial charge in [-0.1, -0.05) is 37.3 Å². The predicted molar refractivity (Wildman–Crippen MR) is 239 cm³/mol. The number of fused-ring (bicyclic) bond motifs is 6. The van der Waals surface area contributed by atoms with E-state index in [1.54, 1.807) is 13.1 Å². The van der Waals surface area contributed by atoms with Gasteiger partial charge < -0.3 is 49.3 Å². The van der Waals surface area contributed by atoms with Gasteiger partial charge in [-0.15, -0.1) is 0 Å². The fourth-order valence-electron chi connectivity index (χ4n) is 10.2. The highest BCUT2D eigenvalue weighted by atomic mass is 16.5. The van der Waals surface area contributed by atoms with E-state index in [1.165, 1.54) is 14.2 Å². The Labute approximate surface area is 371 Å². The molecule has 6 heterocycles. The number of carbonyl (C=O) groups excluding carboxylic acids is 4. The van der Waals surface area contributed by atoms with Gasteiger partial charge in [0.2, 0.25) is 11.8 Å². The Morgan fingerprint density at radius 1 is 0.875 bits per heavy atom. The molecule has 4 aliphatic heterocycles. The SMILES string of the molecule is C=C(CC)C1CCC(c2ncc(-c3ccc4c(c3)COc3cc5c(ccc6[nH]c(C7CCC(C)N7C(=O)C(NC(=O)OC)C7CCOCC7)nc65)cc3-4)[nH]2)N1C(=O)C(C)NC(=O)OC. The lowest BCUT2D eigenvalue weighted by Crippen LogP contribution is -2.54. The molecule has 3 saturated heterocycles. The Morgan fingerprint density at radius 2 is 1.62 bits per heavy atom. The highest BCUT2D eigenvalue weighted by Gasteiger charge is 2.44. The van der Waals surface area contributed by atoms with Gasteiger partial charge in [0.1, 0.15) is 36.1 Å². The average Bonchev–Trinajstić information content (AvgIpc) is 4.15. The maximum Gasteiger partial charge on any atom is 0.407 e. The number of nitrogens with zero attached hydrogens (tertiary/aromatic N) is 4. The molecule has 0 saturated carbocycles. The molecular formula is C48H56N8O8. The van der Waals surface area contributed by atoms with Crippen molar-refractivity contribution in [1.82, 2.24) is 40.4 Å². The number of methoxy groups -OCH3 is 2. The molecule has 4 amide bonds. The first kappa shape index (κ1) is 42.9. The summed E-state index contributed by atoms with van der Waals surface area (Å²) in [5.41, 5.74) is 7.48. The number of nitrogens with one attached hydrogen (secondary N) is 4. The van der Waals surface area contributed by atoms with Gasteiger partial charge in [-0.3, -0.25) is 9.59 Å². The van der Waals surface area contributed by atoms with E-state index < -0.39 is 24.3 Å². The highest BCUT2D eigenvalue weighted by molar-refractivity contribution is 6.07. The third-order valence-electron chi connectivity index (χ3n) is 13.7. The Bertz CT molecular complexity index is 2630. The Hall–Kier alpha value is -6.42. The van der Waals surface area contributed by atoms with Crippen molar-refractivity contribution in [3.8, 4) is 28.1 Å². The van der Waals surface area contributed by atoms with Crippen molar-refractivity contribution in [2.75, 3.05) is 27.4 Å². The standard InChI is InChI=1S/C48H56N8O8/c1-7-25(2)37-14-15-38(56(37)45(57)27(4)50-47(59)61-5)43-49-23-36(52-43)30-9-11-32-31(20-30)24-64-40-22-33-29(21-34(32)40)10-12-35-42(33)53-44(51-35)39-13-8-26(3)55(39)46(58)41(54-48(60)62-6)28-16-18-63-19-17-28/h9-12,20-23,26-28,37-39,41H,2,7-8,13-19,24H2,1,3-6H3,(H,49,52)(H,50,59)(H,51,53)(H,54,60). The van der Waals surface area contributed by atoms with Crippen LogP contribution in [0.1, 0.15) is 95.0 Å². The fourth-order valence-corrected chi connectivity index (χ4v) is 10.2. The second kappa shape index (κ2) is 17.6. The lowest BCUT2D eigenvalue weighted by atomic mass is 9.90. The zero-order valence-electron chi connectivity index (χ0n) is 37.0. The summed E-state index contributed by atoms with van der Waals surface area (Å²) < 4.78 is 21.7. The van der Waals surface area contributed by atoms with Crippen LogP contribution in [0.25, 0.3) is 44.2 Å². The molecule has 3 fully saturated rings. The molecular weight excluding hydrogens is 817 g/mol. The number of aromatic amines is 2. The van der Waals surface area contributed by atoms with E-state index >= 15 is 0 Å². The van der Waals surface area contributed by atoms with E-state index in [9.17, 15) is 19.2 Å². The van der Waals surface area contributed by atoms with Crippen LogP contribution >= 0.6 is 0 Å². The molecule has 64 heavy (non-hydrogen) atoms. The number of hydrogen-bond donors (Lipinski definition) is 4. The average molecular weight is 873 g/mol. The number of alkyl carbamates (subject to hydrolysis) is 2. The molecule has 4 N–H and O–H groups in total. The Balaban J connectivity index is 0.970. The molecule has 6 unspecified atom stereocenters. The number of imidazole rings is 2. The van der Waals surface area contributed by atoms with Crippen molar-refractivity contribution < 1.29 is 38.1 Å². The summed E-state index contributed by atoms with van der Waals surface area (Å²) in [6.45, 7) is 11.5. The molecule has 0 spiro atoms. The van der Waals surface area contributed by atoms with Gasteiger partial charge >= 0.3 is 12.2 Å². The fraction of sp³-hybridized carbons (Fsp3) is 0.458. The van der Waals surface area contributed by atoms with Crippen LogP contribution < -0.4 is 15.4 Å². The molecule has 16 nitrogen and oxygen atoms in total. The summed E-state index contributed by atoms with van der Waals surface area (Å²) in [4.78, 5) is 73.4. The van der Waals surface area contributed by atoms with E-state index in [-0.39, 0.29) is 41.9 Å². The molecule has 0 bridgehead atoms. The first-order chi connectivity index (χ1) is 31.0. The van der Waals surface area contributed by atoms with E-state index in [1.807, 2.05) is 22.8 Å². The van der Waals surface area contributed by atoms with Crippen LogP contribution in [0.5, 0.6) is 5.75 Å². The molecule has 336 valence electrons. The number of carbonyl (C=O) groups is 4. The van der Waals surface area contributed by atoms with Crippen molar-refractivity contribution in [2.24, 2.45) is 5.92 Å². The number of likely N-dealkylation sites (tertiary alicyclic amines) is 2. The number of benzene rings is 3. The first-order valence-corrected chi connectivity index (χ1v) is 22.3. The van der Waals surface area contributed by atoms with E-state index in [4.69, 9.17) is 28.9 Å². The van der Waals surface area contributed by atoms with Crippen molar-refractivity contribution >= 4 is 45.8 Å². The van der Waals surface area contributed by atoms with Gasteiger partial charge in [-0.05, 0) is 111 Å². The molecule has 0 radical (unpaired) electrons. The van der Waals surface area contributed by atoms with Gasteiger partial charge in [-0.25, -0.2) is 19.6 Å². The second-order valence-electron chi connectivity index (χ2n) is 17.5. The number of H-pyrrole nitrogens is 2. The first-order valence-electron chi connectivity index (χ1n) is 22.3. The minimum absolute atomic E-state index is 0.0415. The number of amides is 4. The van der Waals surface area contributed by atoms with Crippen molar-refractivity contribution in [2.45, 2.75) is 109 Å². The van der Waals surface area contributed by atoms with Crippen LogP contribution in [0.15, 0.2) is 60.8 Å². The maximum absolute atomic E-state index is 14.4. The number of aromatic nitrogens is 4. The third kappa shape index (κ3) is 7.81. The normalized spacial score (nSPS) is 21.8. The van der Waals surface area contributed by atoms with Crippen LogP contribution in [0, 0.1) is 5.92 Å². The van der Waals surface area contributed by atoms with Crippen LogP contribution in [0.2, 0.25) is 0 Å². The molecule has 2 aromatic heterocycles.